The van der Waals surface area contributed by atoms with Crippen LogP contribution in [0, 0.1) is 5.92 Å². The van der Waals surface area contributed by atoms with Gasteiger partial charge in [0.1, 0.15) is 0 Å². The van der Waals surface area contributed by atoms with Crippen LogP contribution in [0.15, 0.2) is 6.20 Å². The molecule has 2 aliphatic carbocycles. The fourth-order valence-electron chi connectivity index (χ4n) is 4.81. The van der Waals surface area contributed by atoms with Crippen molar-refractivity contribution in [1.29, 1.82) is 0 Å². The number of H-pyrrole nitrogens is 1. The van der Waals surface area contributed by atoms with Crippen LogP contribution in [0.5, 0.6) is 0 Å². The molecule has 27 heavy (non-hydrogen) atoms. The maximum atomic E-state index is 12.9. The van der Waals surface area contributed by atoms with Gasteiger partial charge in [0.05, 0.1) is 24.1 Å². The molecule has 1 heterocycles. The predicted octanol–water partition coefficient (Wildman–Crippen LogP) is 3.32. The quantitative estimate of drug-likeness (QED) is 0.730. The van der Waals surface area contributed by atoms with E-state index in [1.165, 1.54) is 44.9 Å². The predicted molar refractivity (Wildman–Crippen MR) is 107 cm³/mol. The van der Waals surface area contributed by atoms with E-state index in [0.717, 1.165) is 43.8 Å². The molecule has 0 spiro atoms. The summed E-state index contributed by atoms with van der Waals surface area (Å²) in [4.78, 5) is 15.3. The van der Waals surface area contributed by atoms with Gasteiger partial charge in [0.15, 0.2) is 0 Å². The molecule has 0 bridgehead atoms. The van der Waals surface area contributed by atoms with Crippen molar-refractivity contribution in [1.82, 2.24) is 20.4 Å². The summed E-state index contributed by atoms with van der Waals surface area (Å²) in [7, 11) is 3.90. The fraction of sp³-hybridized carbons (Fsp3) is 0.810. The average molecular weight is 377 g/mol. The second-order valence-electron chi connectivity index (χ2n) is 8.49. The fourth-order valence-corrected chi connectivity index (χ4v) is 4.81. The molecule has 0 unspecified atom stereocenters. The van der Waals surface area contributed by atoms with Gasteiger partial charge >= 0.3 is 0 Å². The molecule has 0 saturated heterocycles. The van der Waals surface area contributed by atoms with Crippen LogP contribution in [0.25, 0.3) is 0 Å². The van der Waals surface area contributed by atoms with Gasteiger partial charge in [-0.1, -0.05) is 25.7 Å². The minimum Gasteiger partial charge on any atom is -0.383 e. The number of methoxy groups -OCH3 is 1. The highest BCUT2D eigenvalue weighted by atomic mass is 16.5. The number of hydrogen-bond donors (Lipinski definition) is 2. The Morgan fingerprint density at radius 2 is 2.07 bits per heavy atom. The Bertz CT molecular complexity index is 582. The Kier molecular flexibility index (Phi) is 7.70. The van der Waals surface area contributed by atoms with Gasteiger partial charge in [0, 0.05) is 32.2 Å². The normalized spacial score (nSPS) is 24.3. The Morgan fingerprint density at radius 1 is 1.26 bits per heavy atom. The van der Waals surface area contributed by atoms with Crippen molar-refractivity contribution in [2.45, 2.75) is 69.7 Å². The van der Waals surface area contributed by atoms with E-state index < -0.39 is 0 Å². The molecule has 2 fully saturated rings. The molecule has 2 saturated carbocycles. The first-order chi connectivity index (χ1) is 13.2. The number of ether oxygens (including phenoxy) is 1. The monoisotopic (exact) mass is 376 g/mol. The first-order valence-corrected chi connectivity index (χ1v) is 10.7. The molecule has 1 aromatic heterocycles. The van der Waals surface area contributed by atoms with E-state index in [0.29, 0.717) is 11.8 Å². The van der Waals surface area contributed by atoms with E-state index in [4.69, 9.17) is 4.74 Å². The third kappa shape index (κ3) is 5.79. The van der Waals surface area contributed by atoms with Gasteiger partial charge < -0.3 is 15.0 Å². The van der Waals surface area contributed by atoms with Crippen LogP contribution in [-0.4, -0.2) is 60.9 Å². The van der Waals surface area contributed by atoms with Gasteiger partial charge in [0.2, 0.25) is 0 Å². The van der Waals surface area contributed by atoms with Crippen LogP contribution in [-0.2, 0) is 4.74 Å². The van der Waals surface area contributed by atoms with E-state index >= 15 is 0 Å². The van der Waals surface area contributed by atoms with E-state index in [2.05, 4.69) is 27.5 Å². The third-order valence-corrected chi connectivity index (χ3v) is 6.29. The number of amides is 1. The summed E-state index contributed by atoms with van der Waals surface area (Å²) in [6.45, 7) is 2.81. The summed E-state index contributed by atoms with van der Waals surface area (Å²) in [6.07, 6.45) is 12.5. The summed E-state index contributed by atoms with van der Waals surface area (Å²) in [6, 6.07) is 0.279. The molecule has 0 radical (unpaired) electrons. The van der Waals surface area contributed by atoms with Crippen molar-refractivity contribution < 1.29 is 9.53 Å². The third-order valence-electron chi connectivity index (χ3n) is 6.29. The lowest BCUT2D eigenvalue weighted by Gasteiger charge is -2.32. The minimum atomic E-state index is 0.0581. The van der Waals surface area contributed by atoms with E-state index in [-0.39, 0.29) is 11.9 Å². The smallest absolute Gasteiger partial charge is 0.254 e. The summed E-state index contributed by atoms with van der Waals surface area (Å²) < 4.78 is 5.17. The molecule has 1 amide bonds. The number of carbonyl (C=O) groups is 1. The molecule has 0 aromatic carbocycles. The van der Waals surface area contributed by atoms with Crippen molar-refractivity contribution in [3.05, 3.63) is 17.5 Å². The highest BCUT2D eigenvalue weighted by Gasteiger charge is 2.27. The molecule has 3 rings (SSSR count). The molecule has 1 aromatic rings. The zero-order valence-corrected chi connectivity index (χ0v) is 17.0. The SMILES string of the molecule is COCCN(C)C[C@@H]1CCC[C@@H](NC(=O)c2cn[nH]c2C2CCCCC2)C1. The summed E-state index contributed by atoms with van der Waals surface area (Å²) in [5, 5.41) is 10.6. The largest absolute Gasteiger partial charge is 0.383 e. The van der Waals surface area contributed by atoms with Gasteiger partial charge in [-0.3, -0.25) is 9.89 Å². The number of aromatic amines is 1. The van der Waals surface area contributed by atoms with Crippen LogP contribution in [0.4, 0.5) is 0 Å². The van der Waals surface area contributed by atoms with E-state index in [1.54, 1.807) is 13.3 Å². The van der Waals surface area contributed by atoms with Gasteiger partial charge in [-0.25, -0.2) is 0 Å². The lowest BCUT2D eigenvalue weighted by molar-refractivity contribution is 0.0909. The van der Waals surface area contributed by atoms with Crippen LogP contribution in [0.3, 0.4) is 0 Å². The minimum absolute atomic E-state index is 0.0581. The van der Waals surface area contributed by atoms with Gasteiger partial charge in [-0.05, 0) is 45.1 Å². The van der Waals surface area contributed by atoms with Gasteiger partial charge in [0.25, 0.3) is 5.91 Å². The molecule has 0 aliphatic heterocycles. The van der Waals surface area contributed by atoms with Crippen LogP contribution >= 0.6 is 0 Å². The lowest BCUT2D eigenvalue weighted by atomic mass is 9.84. The highest BCUT2D eigenvalue weighted by molar-refractivity contribution is 5.95. The first-order valence-electron chi connectivity index (χ1n) is 10.7. The molecule has 2 N–H and O–H groups in total. The Morgan fingerprint density at radius 3 is 2.85 bits per heavy atom. The molecule has 152 valence electrons. The molecule has 6 nitrogen and oxygen atoms in total. The van der Waals surface area contributed by atoms with Crippen LogP contribution in [0.1, 0.15) is 79.8 Å². The van der Waals surface area contributed by atoms with Crippen molar-refractivity contribution in [2.75, 3.05) is 33.9 Å². The Balaban J connectivity index is 1.52. The number of hydrogen-bond acceptors (Lipinski definition) is 4. The van der Waals surface area contributed by atoms with Crippen LogP contribution in [0.2, 0.25) is 0 Å². The number of likely N-dealkylation sites (N-methyl/N-ethyl adjacent to an activating group) is 1. The summed E-state index contributed by atoms with van der Waals surface area (Å²) >= 11 is 0. The average Bonchev–Trinajstić information content (AvgIpc) is 3.17. The second-order valence-corrected chi connectivity index (χ2v) is 8.49. The van der Waals surface area contributed by atoms with Crippen molar-refractivity contribution in [2.24, 2.45) is 5.92 Å². The van der Waals surface area contributed by atoms with E-state index in [9.17, 15) is 4.79 Å². The van der Waals surface area contributed by atoms with Gasteiger partial charge in [-0.2, -0.15) is 5.10 Å². The first kappa shape index (κ1) is 20.3. The Hall–Kier alpha value is -1.40. The molecule has 2 atom stereocenters. The van der Waals surface area contributed by atoms with Crippen LogP contribution < -0.4 is 5.32 Å². The van der Waals surface area contributed by atoms with Crippen molar-refractivity contribution in [3.8, 4) is 0 Å². The topological polar surface area (TPSA) is 70.2 Å². The number of nitrogens with zero attached hydrogens (tertiary/aromatic N) is 2. The van der Waals surface area contributed by atoms with Gasteiger partial charge in [-0.15, -0.1) is 0 Å². The Labute approximate surface area is 163 Å². The molecule has 6 heteroatoms. The lowest BCUT2D eigenvalue weighted by Crippen LogP contribution is -2.41. The summed E-state index contributed by atoms with van der Waals surface area (Å²) in [5.41, 5.74) is 1.82. The maximum absolute atomic E-state index is 12.9. The zero-order valence-electron chi connectivity index (χ0n) is 17.0. The molecular formula is C21H36N4O2. The number of aromatic nitrogens is 2. The standard InChI is InChI=1S/C21H36N4O2/c1-25(11-12-27-2)15-16-7-6-10-18(13-16)23-21(26)19-14-22-24-20(19)17-8-4-3-5-9-17/h14,16-18H,3-13,15H2,1-2H3,(H,22,24)(H,23,26)/t16-,18-/m1/s1. The second kappa shape index (κ2) is 10.2. The number of rotatable bonds is 8. The molecular weight excluding hydrogens is 340 g/mol. The zero-order chi connectivity index (χ0) is 19.1. The number of nitrogens with one attached hydrogen (secondary N) is 2. The summed E-state index contributed by atoms with van der Waals surface area (Å²) in [5.74, 6) is 1.17. The van der Waals surface area contributed by atoms with E-state index in [1.807, 2.05) is 0 Å². The number of carbonyl (C=O) groups excluding carboxylic acids is 1. The highest BCUT2D eigenvalue weighted by Crippen LogP contribution is 2.33. The van der Waals surface area contributed by atoms with Crippen molar-refractivity contribution in [3.63, 3.8) is 0 Å². The maximum Gasteiger partial charge on any atom is 0.254 e. The molecule has 2 aliphatic rings. The van der Waals surface area contributed by atoms with Crippen molar-refractivity contribution >= 4 is 5.91 Å².